The van der Waals surface area contributed by atoms with Gasteiger partial charge in [0, 0.05) is 18.0 Å². The number of carbonyl (C=O) groups is 1. The molecule has 0 spiro atoms. The third kappa shape index (κ3) is 3.20. The van der Waals surface area contributed by atoms with Crippen LogP contribution in [0.1, 0.15) is 23.7 Å². The Morgan fingerprint density at radius 2 is 2.16 bits per heavy atom. The van der Waals surface area contributed by atoms with E-state index < -0.39 is 0 Å². The van der Waals surface area contributed by atoms with Gasteiger partial charge in [0.2, 0.25) is 0 Å². The molecule has 5 nitrogen and oxygen atoms in total. The van der Waals surface area contributed by atoms with Crippen LogP contribution in [-0.4, -0.2) is 33.4 Å². The van der Waals surface area contributed by atoms with Gasteiger partial charge in [-0.25, -0.2) is 4.68 Å². The summed E-state index contributed by atoms with van der Waals surface area (Å²) in [6.07, 6.45) is 4.25. The molecular weight excluding hydrogens is 242 g/mol. The SMILES string of the molecule is CC[C@H](CO)NC(=O)c1ccc(-n2cccn2)cc1. The normalized spacial score (nSPS) is 12.1. The lowest BCUT2D eigenvalue weighted by atomic mass is 10.1. The Labute approximate surface area is 111 Å². The zero-order valence-corrected chi connectivity index (χ0v) is 10.8. The molecule has 2 N–H and O–H groups in total. The van der Waals surface area contributed by atoms with Crippen LogP contribution in [0, 0.1) is 0 Å². The zero-order chi connectivity index (χ0) is 13.7. The quantitative estimate of drug-likeness (QED) is 0.852. The molecule has 1 heterocycles. The minimum Gasteiger partial charge on any atom is -0.394 e. The number of aliphatic hydroxyl groups is 1. The van der Waals surface area contributed by atoms with E-state index in [1.54, 1.807) is 23.0 Å². The van der Waals surface area contributed by atoms with Crippen molar-refractivity contribution in [2.75, 3.05) is 6.61 Å². The molecule has 1 aromatic heterocycles. The number of amides is 1. The third-order valence-corrected chi connectivity index (χ3v) is 2.95. The van der Waals surface area contributed by atoms with Gasteiger partial charge in [-0.05, 0) is 36.8 Å². The molecule has 0 saturated carbocycles. The predicted octanol–water partition coefficient (Wildman–Crippen LogP) is 1.37. The lowest BCUT2D eigenvalue weighted by molar-refractivity contribution is 0.0915. The van der Waals surface area contributed by atoms with Crippen molar-refractivity contribution in [3.8, 4) is 5.69 Å². The van der Waals surface area contributed by atoms with Crippen LogP contribution >= 0.6 is 0 Å². The number of aromatic nitrogens is 2. The molecule has 1 aromatic carbocycles. The summed E-state index contributed by atoms with van der Waals surface area (Å²) < 4.78 is 1.73. The van der Waals surface area contributed by atoms with Gasteiger partial charge in [0.05, 0.1) is 18.3 Å². The Balaban J connectivity index is 2.08. The number of nitrogens with zero attached hydrogens (tertiary/aromatic N) is 2. The molecule has 0 fully saturated rings. The maximum absolute atomic E-state index is 11.9. The predicted molar refractivity (Wildman–Crippen MR) is 72.2 cm³/mol. The van der Waals surface area contributed by atoms with Gasteiger partial charge in [0.1, 0.15) is 0 Å². The second-order valence-electron chi connectivity index (χ2n) is 4.26. The van der Waals surface area contributed by atoms with Crippen molar-refractivity contribution >= 4 is 5.91 Å². The summed E-state index contributed by atoms with van der Waals surface area (Å²) >= 11 is 0. The van der Waals surface area contributed by atoms with Crippen LogP contribution in [0.4, 0.5) is 0 Å². The highest BCUT2D eigenvalue weighted by atomic mass is 16.3. The standard InChI is InChI=1S/C14H17N3O2/c1-2-12(10-18)16-14(19)11-4-6-13(7-5-11)17-9-3-8-15-17/h3-9,12,18H,2,10H2,1H3,(H,16,19)/t12-/m1/s1. The molecule has 1 atom stereocenters. The van der Waals surface area contributed by atoms with E-state index in [4.69, 9.17) is 5.11 Å². The average molecular weight is 259 g/mol. The highest BCUT2D eigenvalue weighted by molar-refractivity contribution is 5.94. The van der Waals surface area contributed by atoms with Crippen LogP contribution in [-0.2, 0) is 0 Å². The zero-order valence-electron chi connectivity index (χ0n) is 10.8. The molecule has 100 valence electrons. The maximum atomic E-state index is 11.9. The lowest BCUT2D eigenvalue weighted by Gasteiger charge is -2.14. The van der Waals surface area contributed by atoms with E-state index >= 15 is 0 Å². The molecular formula is C14H17N3O2. The Hall–Kier alpha value is -2.14. The number of hydrogen-bond donors (Lipinski definition) is 2. The molecule has 5 heteroatoms. The van der Waals surface area contributed by atoms with E-state index in [9.17, 15) is 4.79 Å². The van der Waals surface area contributed by atoms with Crippen molar-refractivity contribution in [2.45, 2.75) is 19.4 Å². The molecule has 19 heavy (non-hydrogen) atoms. The minimum absolute atomic E-state index is 0.0480. The summed E-state index contributed by atoms with van der Waals surface area (Å²) in [4.78, 5) is 11.9. The summed E-state index contributed by atoms with van der Waals surface area (Å²) in [5.74, 6) is -0.173. The second kappa shape index (κ2) is 6.15. The van der Waals surface area contributed by atoms with Crippen LogP contribution in [0.3, 0.4) is 0 Å². The fraction of sp³-hybridized carbons (Fsp3) is 0.286. The minimum atomic E-state index is -0.196. The molecule has 0 unspecified atom stereocenters. The van der Waals surface area contributed by atoms with Crippen LogP contribution in [0.2, 0.25) is 0 Å². The average Bonchev–Trinajstić information content (AvgIpc) is 2.99. The second-order valence-corrected chi connectivity index (χ2v) is 4.26. The topological polar surface area (TPSA) is 67.2 Å². The van der Waals surface area contributed by atoms with Crippen molar-refractivity contribution in [1.29, 1.82) is 0 Å². The van der Waals surface area contributed by atoms with Crippen LogP contribution in [0.25, 0.3) is 5.69 Å². The number of hydrogen-bond acceptors (Lipinski definition) is 3. The molecule has 0 radical (unpaired) electrons. The third-order valence-electron chi connectivity index (χ3n) is 2.95. The summed E-state index contributed by atoms with van der Waals surface area (Å²) in [5.41, 5.74) is 1.47. The highest BCUT2D eigenvalue weighted by Gasteiger charge is 2.11. The van der Waals surface area contributed by atoms with Gasteiger partial charge in [-0.15, -0.1) is 0 Å². The van der Waals surface area contributed by atoms with Gasteiger partial charge < -0.3 is 10.4 Å². The number of benzene rings is 1. The summed E-state index contributed by atoms with van der Waals surface area (Å²) in [7, 11) is 0. The van der Waals surface area contributed by atoms with Crippen molar-refractivity contribution in [3.63, 3.8) is 0 Å². The van der Waals surface area contributed by atoms with Crippen LogP contribution in [0.5, 0.6) is 0 Å². The van der Waals surface area contributed by atoms with Crippen molar-refractivity contribution in [1.82, 2.24) is 15.1 Å². The molecule has 0 aliphatic rings. The van der Waals surface area contributed by atoms with E-state index in [0.29, 0.717) is 12.0 Å². The summed E-state index contributed by atoms with van der Waals surface area (Å²) in [6, 6.07) is 8.81. The fourth-order valence-corrected chi connectivity index (χ4v) is 1.73. The Morgan fingerprint density at radius 3 is 2.68 bits per heavy atom. The van der Waals surface area contributed by atoms with Crippen molar-refractivity contribution in [2.24, 2.45) is 0 Å². The Kier molecular flexibility index (Phi) is 4.30. The van der Waals surface area contributed by atoms with E-state index in [-0.39, 0.29) is 18.6 Å². The van der Waals surface area contributed by atoms with Crippen molar-refractivity contribution < 1.29 is 9.90 Å². The monoisotopic (exact) mass is 259 g/mol. The molecule has 0 bridgehead atoms. The first-order valence-electron chi connectivity index (χ1n) is 6.26. The van der Waals surface area contributed by atoms with E-state index in [1.807, 2.05) is 31.3 Å². The van der Waals surface area contributed by atoms with E-state index in [0.717, 1.165) is 5.69 Å². The highest BCUT2D eigenvalue weighted by Crippen LogP contribution is 2.09. The number of rotatable bonds is 5. The molecule has 2 rings (SSSR count). The van der Waals surface area contributed by atoms with Crippen LogP contribution < -0.4 is 5.32 Å². The van der Waals surface area contributed by atoms with E-state index in [2.05, 4.69) is 10.4 Å². The molecule has 1 amide bonds. The first-order chi connectivity index (χ1) is 9.24. The molecule has 0 aliphatic heterocycles. The molecule has 2 aromatic rings. The lowest BCUT2D eigenvalue weighted by Crippen LogP contribution is -2.36. The summed E-state index contributed by atoms with van der Waals surface area (Å²) in [5, 5.41) is 16.0. The number of aliphatic hydroxyl groups excluding tert-OH is 1. The van der Waals surface area contributed by atoms with Crippen LogP contribution in [0.15, 0.2) is 42.7 Å². The molecule has 0 saturated heterocycles. The van der Waals surface area contributed by atoms with Crippen molar-refractivity contribution in [3.05, 3.63) is 48.3 Å². The van der Waals surface area contributed by atoms with Gasteiger partial charge in [0.15, 0.2) is 0 Å². The Morgan fingerprint density at radius 1 is 1.42 bits per heavy atom. The van der Waals surface area contributed by atoms with E-state index in [1.165, 1.54) is 0 Å². The molecule has 0 aliphatic carbocycles. The van der Waals surface area contributed by atoms with Gasteiger partial charge >= 0.3 is 0 Å². The first kappa shape index (κ1) is 13.3. The van der Waals surface area contributed by atoms with Gasteiger partial charge in [-0.2, -0.15) is 5.10 Å². The van der Waals surface area contributed by atoms with Gasteiger partial charge in [0.25, 0.3) is 5.91 Å². The van der Waals surface area contributed by atoms with Gasteiger partial charge in [-0.3, -0.25) is 4.79 Å². The first-order valence-corrected chi connectivity index (χ1v) is 6.26. The smallest absolute Gasteiger partial charge is 0.251 e. The van der Waals surface area contributed by atoms with Gasteiger partial charge in [-0.1, -0.05) is 6.92 Å². The Bertz CT molecular complexity index is 516. The fourth-order valence-electron chi connectivity index (χ4n) is 1.73. The summed E-state index contributed by atoms with van der Waals surface area (Å²) in [6.45, 7) is 1.87. The number of carbonyl (C=O) groups excluding carboxylic acids is 1. The maximum Gasteiger partial charge on any atom is 0.251 e. The largest absolute Gasteiger partial charge is 0.394 e. The number of nitrogens with one attached hydrogen (secondary N) is 1.